The molecule has 0 aromatic carbocycles. The van der Waals surface area contributed by atoms with Gasteiger partial charge in [-0.2, -0.15) is 0 Å². The van der Waals surface area contributed by atoms with Crippen molar-refractivity contribution >= 4 is 5.97 Å². The molecule has 3 N–H and O–H groups in total. The lowest BCUT2D eigenvalue weighted by Gasteiger charge is -2.44. The molecule has 0 amide bonds. The minimum Gasteiger partial charge on any atom is -0.481 e. The van der Waals surface area contributed by atoms with Gasteiger partial charge in [0.2, 0.25) is 0 Å². The summed E-state index contributed by atoms with van der Waals surface area (Å²) in [6.07, 6.45) is 9.93. The van der Waals surface area contributed by atoms with Crippen molar-refractivity contribution in [1.29, 1.82) is 0 Å². The van der Waals surface area contributed by atoms with Gasteiger partial charge in [0.15, 0.2) is 0 Å². The lowest BCUT2D eigenvalue weighted by atomic mass is 9.61. The zero-order chi connectivity index (χ0) is 19.8. The van der Waals surface area contributed by atoms with Gasteiger partial charge in [0.05, 0.1) is 12.2 Å². The molecule has 150 valence electrons. The Morgan fingerprint density at radius 2 is 2.07 bits per heavy atom. The van der Waals surface area contributed by atoms with Crippen molar-refractivity contribution in [3.05, 3.63) is 35.5 Å². The van der Waals surface area contributed by atoms with E-state index < -0.39 is 18.2 Å². The summed E-state index contributed by atoms with van der Waals surface area (Å²) in [5.41, 5.74) is 3.31. The van der Waals surface area contributed by atoms with E-state index in [-0.39, 0.29) is 17.8 Å². The Morgan fingerprint density at radius 3 is 2.78 bits per heavy atom. The maximum atomic E-state index is 11.2. The highest BCUT2D eigenvalue weighted by atomic mass is 16.4. The first-order valence-corrected chi connectivity index (χ1v) is 10.4. The molecule has 27 heavy (non-hydrogen) atoms. The second-order valence-electron chi connectivity index (χ2n) is 9.24. The second kappa shape index (κ2) is 7.92. The van der Waals surface area contributed by atoms with E-state index in [1.165, 1.54) is 12.0 Å². The summed E-state index contributed by atoms with van der Waals surface area (Å²) in [6.45, 7) is 8.46. The molecule has 0 saturated heterocycles. The van der Waals surface area contributed by atoms with Gasteiger partial charge < -0.3 is 15.3 Å². The first-order valence-electron chi connectivity index (χ1n) is 10.4. The number of allylic oxidation sites excluding steroid dienone is 3. The summed E-state index contributed by atoms with van der Waals surface area (Å²) in [5.74, 6) is 0.483. The Kier molecular flexibility index (Phi) is 5.97. The second-order valence-corrected chi connectivity index (χ2v) is 9.24. The fourth-order valence-electron chi connectivity index (χ4n) is 6.10. The van der Waals surface area contributed by atoms with Crippen LogP contribution in [-0.4, -0.2) is 33.5 Å². The normalized spacial score (nSPS) is 41.0. The Balaban J connectivity index is 1.80. The molecule has 3 saturated carbocycles. The zero-order valence-electron chi connectivity index (χ0n) is 16.7. The van der Waals surface area contributed by atoms with Crippen LogP contribution in [0.4, 0.5) is 0 Å². The first-order chi connectivity index (χ1) is 12.7. The molecule has 4 nitrogen and oxygen atoms in total. The van der Waals surface area contributed by atoms with E-state index in [2.05, 4.69) is 32.6 Å². The predicted octanol–water partition coefficient (Wildman–Crippen LogP) is 4.24. The van der Waals surface area contributed by atoms with Crippen LogP contribution in [-0.2, 0) is 4.79 Å². The number of hydrogen-bond donors (Lipinski definition) is 3. The Labute approximate surface area is 162 Å². The van der Waals surface area contributed by atoms with Gasteiger partial charge in [-0.25, -0.2) is 0 Å². The number of fused-ring (bicyclic) bond motifs is 1. The molecule has 0 heterocycles. The number of aliphatic hydroxyl groups excluding tert-OH is 2. The molecule has 4 heteroatoms. The fourth-order valence-corrected chi connectivity index (χ4v) is 6.10. The highest BCUT2D eigenvalue weighted by Crippen LogP contribution is 2.59. The number of aliphatic hydroxyl groups is 2. The van der Waals surface area contributed by atoms with Crippen molar-refractivity contribution in [3.63, 3.8) is 0 Å². The van der Waals surface area contributed by atoms with Crippen molar-refractivity contribution in [3.8, 4) is 0 Å². The molecule has 0 unspecified atom stereocenters. The van der Waals surface area contributed by atoms with Crippen molar-refractivity contribution < 1.29 is 20.1 Å². The van der Waals surface area contributed by atoms with E-state index in [0.717, 1.165) is 36.8 Å². The maximum absolute atomic E-state index is 11.2. The standard InChI is InChI=1S/C23H34O4/c1-14(11-22(26)27)19-8-9-20-16(5-4-10-23(19,20)3)6-7-17-12-18(24)13-21(25)15(17)2/h6-7,14,18-21,24-25H,2,4-5,8-13H2,1,3H3,(H,26,27)/b16-6+,17-7-/t14-,18-,19-,20+,21+,23-/m1/s1. The van der Waals surface area contributed by atoms with Crippen LogP contribution in [0.3, 0.4) is 0 Å². The highest BCUT2D eigenvalue weighted by molar-refractivity contribution is 5.67. The summed E-state index contributed by atoms with van der Waals surface area (Å²) in [6, 6.07) is 0. The Morgan fingerprint density at radius 1 is 1.33 bits per heavy atom. The van der Waals surface area contributed by atoms with Crippen LogP contribution < -0.4 is 0 Å². The molecule has 0 aromatic heterocycles. The van der Waals surface area contributed by atoms with Gasteiger partial charge in [0.1, 0.15) is 0 Å². The number of hydrogen-bond acceptors (Lipinski definition) is 3. The van der Waals surface area contributed by atoms with Crippen LogP contribution in [0.2, 0.25) is 0 Å². The molecule has 6 atom stereocenters. The van der Waals surface area contributed by atoms with Crippen LogP contribution in [0, 0.1) is 23.2 Å². The average molecular weight is 375 g/mol. The monoisotopic (exact) mass is 374 g/mol. The third-order valence-electron chi connectivity index (χ3n) is 7.49. The van der Waals surface area contributed by atoms with E-state index in [0.29, 0.717) is 24.7 Å². The third-order valence-corrected chi connectivity index (χ3v) is 7.49. The van der Waals surface area contributed by atoms with E-state index in [1.807, 2.05) is 0 Å². The first kappa shape index (κ1) is 20.3. The molecule has 3 aliphatic rings. The van der Waals surface area contributed by atoms with Crippen molar-refractivity contribution in [2.45, 2.75) is 77.4 Å². The van der Waals surface area contributed by atoms with Crippen molar-refractivity contribution in [2.75, 3.05) is 0 Å². The lowest BCUT2D eigenvalue weighted by molar-refractivity contribution is -0.138. The highest BCUT2D eigenvalue weighted by Gasteiger charge is 2.50. The van der Waals surface area contributed by atoms with Crippen LogP contribution in [0.1, 0.15) is 65.2 Å². The van der Waals surface area contributed by atoms with Crippen molar-refractivity contribution in [1.82, 2.24) is 0 Å². The molecule has 0 aliphatic heterocycles. The molecule has 0 spiro atoms. The van der Waals surface area contributed by atoms with Gasteiger partial charge in [-0.15, -0.1) is 0 Å². The van der Waals surface area contributed by atoms with E-state index >= 15 is 0 Å². The molecule has 0 bridgehead atoms. The Bertz CT molecular complexity index is 661. The number of carbonyl (C=O) groups is 1. The molecule has 0 aromatic rings. The zero-order valence-corrected chi connectivity index (χ0v) is 16.7. The number of carboxylic acid groups (broad SMARTS) is 1. The van der Waals surface area contributed by atoms with Crippen LogP contribution in [0.25, 0.3) is 0 Å². The molecule has 3 aliphatic carbocycles. The summed E-state index contributed by atoms with van der Waals surface area (Å²) in [5, 5.41) is 29.2. The van der Waals surface area contributed by atoms with Crippen LogP contribution in [0.15, 0.2) is 35.5 Å². The van der Waals surface area contributed by atoms with Crippen LogP contribution in [0.5, 0.6) is 0 Å². The van der Waals surface area contributed by atoms with Crippen molar-refractivity contribution in [2.24, 2.45) is 23.2 Å². The van der Waals surface area contributed by atoms with E-state index in [4.69, 9.17) is 0 Å². The van der Waals surface area contributed by atoms with Gasteiger partial charge in [0.25, 0.3) is 0 Å². The van der Waals surface area contributed by atoms with Crippen LogP contribution >= 0.6 is 0 Å². The van der Waals surface area contributed by atoms with Gasteiger partial charge in [-0.1, -0.05) is 38.2 Å². The number of carboxylic acids is 1. The summed E-state index contributed by atoms with van der Waals surface area (Å²) >= 11 is 0. The number of rotatable bonds is 4. The topological polar surface area (TPSA) is 77.8 Å². The predicted molar refractivity (Wildman–Crippen MR) is 106 cm³/mol. The maximum Gasteiger partial charge on any atom is 0.303 e. The smallest absolute Gasteiger partial charge is 0.303 e. The minimum absolute atomic E-state index is 0.181. The van der Waals surface area contributed by atoms with Gasteiger partial charge in [0, 0.05) is 12.8 Å². The minimum atomic E-state index is -0.696. The van der Waals surface area contributed by atoms with Gasteiger partial charge in [-0.3, -0.25) is 4.79 Å². The largest absolute Gasteiger partial charge is 0.481 e. The summed E-state index contributed by atoms with van der Waals surface area (Å²) in [4.78, 5) is 11.2. The molecule has 0 radical (unpaired) electrons. The van der Waals surface area contributed by atoms with E-state index in [9.17, 15) is 20.1 Å². The molecular weight excluding hydrogens is 340 g/mol. The fraction of sp³-hybridized carbons (Fsp3) is 0.696. The summed E-state index contributed by atoms with van der Waals surface area (Å²) in [7, 11) is 0. The average Bonchev–Trinajstić information content (AvgIpc) is 2.93. The SMILES string of the molecule is C=C1/C(=C\C=C2/CCC[C@]3(C)[C@@H]([C@H](C)CC(=O)O)CC[C@@H]23)C[C@@H](O)C[C@@H]1O. The van der Waals surface area contributed by atoms with Gasteiger partial charge in [-0.05, 0) is 72.8 Å². The quantitative estimate of drug-likeness (QED) is 0.688. The molecule has 3 rings (SSSR count). The summed E-state index contributed by atoms with van der Waals surface area (Å²) < 4.78 is 0. The third kappa shape index (κ3) is 4.07. The Hall–Kier alpha value is -1.39. The van der Waals surface area contributed by atoms with Gasteiger partial charge >= 0.3 is 5.97 Å². The van der Waals surface area contributed by atoms with E-state index in [1.54, 1.807) is 0 Å². The number of aliphatic carboxylic acids is 1. The molecular formula is C23H34O4. The lowest BCUT2D eigenvalue weighted by Crippen LogP contribution is -2.36. The molecule has 3 fully saturated rings.